The summed E-state index contributed by atoms with van der Waals surface area (Å²) in [6, 6.07) is 2.25. The third-order valence-electron chi connectivity index (χ3n) is 2.99. The fraction of sp³-hybridized carbons (Fsp3) is 0.571. The monoisotopic (exact) mass is 321 g/mol. The van der Waals surface area contributed by atoms with Crippen molar-refractivity contribution in [2.45, 2.75) is 32.2 Å². The van der Waals surface area contributed by atoms with E-state index >= 15 is 0 Å². The van der Waals surface area contributed by atoms with Crippen LogP contribution in [0, 0.1) is 11.6 Å². The standard InChI is InChI=1S/C14H21F2NO3S/c1-3-11(17)7-10-8-12(15)14(13(16)9-10)20-5-4-6-21(2,18)19/h8-9,11H,3-7,17H2,1-2H3. The number of sulfone groups is 1. The smallest absolute Gasteiger partial charge is 0.190 e. The zero-order valence-electron chi connectivity index (χ0n) is 12.2. The normalized spacial score (nSPS) is 13.2. The number of hydrogen-bond acceptors (Lipinski definition) is 4. The molecule has 1 aromatic rings. The van der Waals surface area contributed by atoms with Gasteiger partial charge in [0.1, 0.15) is 9.84 Å². The summed E-state index contributed by atoms with van der Waals surface area (Å²) in [5, 5.41) is 0. The molecule has 0 aliphatic rings. The lowest BCUT2D eigenvalue weighted by Crippen LogP contribution is -2.21. The highest BCUT2D eigenvalue weighted by Crippen LogP contribution is 2.24. The molecule has 21 heavy (non-hydrogen) atoms. The van der Waals surface area contributed by atoms with E-state index in [0.717, 1.165) is 6.26 Å². The van der Waals surface area contributed by atoms with Gasteiger partial charge in [-0.25, -0.2) is 17.2 Å². The molecule has 7 heteroatoms. The molecule has 0 heterocycles. The highest BCUT2D eigenvalue weighted by Gasteiger charge is 2.14. The molecule has 0 saturated carbocycles. The Kier molecular flexibility index (Phi) is 6.54. The molecule has 0 aliphatic carbocycles. The van der Waals surface area contributed by atoms with Crippen LogP contribution in [0.4, 0.5) is 8.78 Å². The minimum absolute atomic E-state index is 0.0608. The molecule has 0 aliphatic heterocycles. The zero-order valence-corrected chi connectivity index (χ0v) is 13.1. The maximum Gasteiger partial charge on any atom is 0.190 e. The summed E-state index contributed by atoms with van der Waals surface area (Å²) in [6.45, 7) is 1.84. The molecule has 0 radical (unpaired) electrons. The van der Waals surface area contributed by atoms with Crippen molar-refractivity contribution in [3.05, 3.63) is 29.3 Å². The van der Waals surface area contributed by atoms with Gasteiger partial charge in [-0.3, -0.25) is 0 Å². The van der Waals surface area contributed by atoms with Crippen molar-refractivity contribution in [1.82, 2.24) is 0 Å². The van der Waals surface area contributed by atoms with Crippen molar-refractivity contribution >= 4 is 9.84 Å². The Balaban J connectivity index is 2.67. The largest absolute Gasteiger partial charge is 0.488 e. The highest BCUT2D eigenvalue weighted by atomic mass is 32.2. The maximum atomic E-state index is 13.8. The molecule has 0 saturated heterocycles. The topological polar surface area (TPSA) is 69.4 Å². The van der Waals surface area contributed by atoms with Gasteiger partial charge in [0.05, 0.1) is 12.4 Å². The summed E-state index contributed by atoms with van der Waals surface area (Å²) in [5.41, 5.74) is 6.22. The van der Waals surface area contributed by atoms with Gasteiger partial charge in [-0.15, -0.1) is 0 Å². The lowest BCUT2D eigenvalue weighted by atomic mass is 10.0. The molecule has 0 fully saturated rings. The van der Waals surface area contributed by atoms with E-state index < -0.39 is 27.2 Å². The number of rotatable bonds is 8. The second kappa shape index (κ2) is 7.70. The van der Waals surface area contributed by atoms with Gasteiger partial charge < -0.3 is 10.5 Å². The van der Waals surface area contributed by atoms with Crippen molar-refractivity contribution in [2.24, 2.45) is 5.73 Å². The van der Waals surface area contributed by atoms with Crippen LogP contribution in [-0.2, 0) is 16.3 Å². The average Bonchev–Trinajstić information content (AvgIpc) is 2.35. The molecule has 1 rings (SSSR count). The molecule has 0 amide bonds. The molecule has 1 aromatic carbocycles. The molecule has 1 atom stereocenters. The summed E-state index contributed by atoms with van der Waals surface area (Å²) >= 11 is 0. The maximum absolute atomic E-state index is 13.8. The fourth-order valence-electron chi connectivity index (χ4n) is 1.81. The number of halogens is 2. The third-order valence-corrected chi connectivity index (χ3v) is 4.02. The van der Waals surface area contributed by atoms with Gasteiger partial charge in [-0.2, -0.15) is 0 Å². The van der Waals surface area contributed by atoms with E-state index in [-0.39, 0.29) is 24.8 Å². The minimum atomic E-state index is -3.10. The first-order valence-corrected chi connectivity index (χ1v) is 8.83. The van der Waals surface area contributed by atoms with Gasteiger partial charge in [-0.05, 0) is 37.0 Å². The number of ether oxygens (including phenoxy) is 1. The summed E-state index contributed by atoms with van der Waals surface area (Å²) in [6.07, 6.45) is 2.38. The zero-order chi connectivity index (χ0) is 16.0. The van der Waals surface area contributed by atoms with E-state index in [9.17, 15) is 17.2 Å². The predicted molar refractivity (Wildman–Crippen MR) is 78.2 cm³/mol. The molecular formula is C14H21F2NO3S. The van der Waals surface area contributed by atoms with Crippen LogP contribution in [0.1, 0.15) is 25.3 Å². The van der Waals surface area contributed by atoms with E-state index in [1.54, 1.807) is 0 Å². The van der Waals surface area contributed by atoms with Gasteiger partial charge >= 0.3 is 0 Å². The predicted octanol–water partition coefficient (Wildman–Crippen LogP) is 2.06. The first-order valence-electron chi connectivity index (χ1n) is 6.77. The van der Waals surface area contributed by atoms with E-state index in [2.05, 4.69) is 0 Å². The molecule has 2 N–H and O–H groups in total. The van der Waals surface area contributed by atoms with E-state index in [0.29, 0.717) is 18.4 Å². The quantitative estimate of drug-likeness (QED) is 0.744. The van der Waals surface area contributed by atoms with Crippen molar-refractivity contribution < 1.29 is 21.9 Å². The van der Waals surface area contributed by atoms with Crippen molar-refractivity contribution in [1.29, 1.82) is 0 Å². The van der Waals surface area contributed by atoms with Crippen LogP contribution >= 0.6 is 0 Å². The van der Waals surface area contributed by atoms with Gasteiger partial charge in [0.2, 0.25) is 0 Å². The molecule has 0 spiro atoms. The van der Waals surface area contributed by atoms with Crippen molar-refractivity contribution in [3.8, 4) is 5.75 Å². The van der Waals surface area contributed by atoms with Crippen LogP contribution in [-0.4, -0.2) is 33.1 Å². The Morgan fingerprint density at radius 2 is 1.86 bits per heavy atom. The van der Waals surface area contributed by atoms with Crippen LogP contribution in [0.25, 0.3) is 0 Å². The van der Waals surface area contributed by atoms with E-state index in [1.165, 1.54) is 12.1 Å². The van der Waals surface area contributed by atoms with E-state index in [1.807, 2.05) is 6.92 Å². The van der Waals surface area contributed by atoms with Crippen LogP contribution in [0.5, 0.6) is 5.75 Å². The Labute approximate surface area is 124 Å². The van der Waals surface area contributed by atoms with Gasteiger partial charge in [0, 0.05) is 12.3 Å². The Bertz CT molecular complexity index is 553. The Morgan fingerprint density at radius 1 is 1.29 bits per heavy atom. The Morgan fingerprint density at radius 3 is 2.33 bits per heavy atom. The summed E-state index contributed by atoms with van der Waals surface area (Å²) in [4.78, 5) is 0. The van der Waals surface area contributed by atoms with Crippen molar-refractivity contribution in [2.75, 3.05) is 18.6 Å². The van der Waals surface area contributed by atoms with Crippen LogP contribution < -0.4 is 10.5 Å². The second-order valence-electron chi connectivity index (χ2n) is 5.09. The van der Waals surface area contributed by atoms with Gasteiger partial charge in [0.15, 0.2) is 17.4 Å². The molecule has 1 unspecified atom stereocenters. The molecular weight excluding hydrogens is 300 g/mol. The van der Waals surface area contributed by atoms with Crippen LogP contribution in [0.2, 0.25) is 0 Å². The van der Waals surface area contributed by atoms with Crippen molar-refractivity contribution in [3.63, 3.8) is 0 Å². The van der Waals surface area contributed by atoms with Gasteiger partial charge in [0.25, 0.3) is 0 Å². The molecule has 4 nitrogen and oxygen atoms in total. The van der Waals surface area contributed by atoms with E-state index in [4.69, 9.17) is 10.5 Å². The number of hydrogen-bond donors (Lipinski definition) is 1. The summed E-state index contributed by atoms with van der Waals surface area (Å²) in [5.74, 6) is -2.16. The first kappa shape index (κ1) is 17.8. The molecule has 120 valence electrons. The summed E-state index contributed by atoms with van der Waals surface area (Å²) < 4.78 is 54.5. The average molecular weight is 321 g/mol. The molecule has 0 aromatic heterocycles. The minimum Gasteiger partial charge on any atom is -0.488 e. The molecule has 0 bridgehead atoms. The third kappa shape index (κ3) is 6.39. The summed E-state index contributed by atoms with van der Waals surface area (Å²) in [7, 11) is -3.10. The van der Waals surface area contributed by atoms with Crippen LogP contribution in [0.15, 0.2) is 12.1 Å². The first-order chi connectivity index (χ1) is 9.73. The fourth-order valence-corrected chi connectivity index (χ4v) is 2.45. The SMILES string of the molecule is CCC(N)Cc1cc(F)c(OCCCS(C)(=O)=O)c(F)c1. The number of benzene rings is 1. The van der Waals surface area contributed by atoms with Gasteiger partial charge in [-0.1, -0.05) is 6.92 Å². The number of nitrogens with two attached hydrogens (primary N) is 1. The highest BCUT2D eigenvalue weighted by molar-refractivity contribution is 7.90. The Hall–Kier alpha value is -1.21. The second-order valence-corrected chi connectivity index (χ2v) is 7.35. The van der Waals surface area contributed by atoms with Crippen LogP contribution in [0.3, 0.4) is 0 Å². The lowest BCUT2D eigenvalue weighted by molar-refractivity contribution is 0.285. The lowest BCUT2D eigenvalue weighted by Gasteiger charge is -2.12.